The van der Waals surface area contributed by atoms with Gasteiger partial charge in [-0.1, -0.05) is 35.3 Å². The van der Waals surface area contributed by atoms with E-state index in [0.717, 1.165) is 12.0 Å². The number of amides is 2. The van der Waals surface area contributed by atoms with E-state index in [0.29, 0.717) is 34.3 Å². The molecule has 2 N–H and O–H groups in total. The largest absolute Gasteiger partial charge is 0.491 e. The standard InChI is InChI=1S/C22H24Cl2N2O4/c1-14-4-2-5-19(8-14)30-13-18(27)12-25-21(28)20-6-3-7-26(20)22(29)15-9-16(23)11-17(24)10-15/h2,4-5,8-11,18,20,27H,3,6-7,12-13H2,1H3,(H,25,28). The predicted octanol–water partition coefficient (Wildman–Crippen LogP) is 3.46. The molecule has 2 aromatic rings. The van der Waals surface area contributed by atoms with Crippen molar-refractivity contribution in [2.45, 2.75) is 31.9 Å². The van der Waals surface area contributed by atoms with Crippen molar-refractivity contribution in [3.63, 3.8) is 0 Å². The maximum atomic E-state index is 12.9. The number of rotatable bonds is 7. The third-order valence-corrected chi connectivity index (χ3v) is 5.31. The summed E-state index contributed by atoms with van der Waals surface area (Å²) in [5.41, 5.74) is 1.40. The lowest BCUT2D eigenvalue weighted by molar-refractivity contribution is -0.125. The highest BCUT2D eigenvalue weighted by Gasteiger charge is 2.34. The monoisotopic (exact) mass is 450 g/mol. The Balaban J connectivity index is 1.53. The molecule has 2 atom stereocenters. The Labute approximate surface area is 185 Å². The summed E-state index contributed by atoms with van der Waals surface area (Å²) in [4.78, 5) is 27.0. The Morgan fingerprint density at radius 1 is 1.23 bits per heavy atom. The number of aryl methyl sites for hydroxylation is 1. The first kappa shape index (κ1) is 22.4. The normalized spacial score (nSPS) is 16.9. The Morgan fingerprint density at radius 2 is 1.97 bits per heavy atom. The minimum atomic E-state index is -0.869. The first-order valence-electron chi connectivity index (χ1n) is 9.76. The number of likely N-dealkylation sites (tertiary alicyclic amines) is 1. The van der Waals surface area contributed by atoms with E-state index in [1.165, 1.54) is 17.0 Å². The molecule has 0 aliphatic carbocycles. The molecule has 1 fully saturated rings. The molecule has 0 aromatic heterocycles. The zero-order valence-corrected chi connectivity index (χ0v) is 18.1. The summed E-state index contributed by atoms with van der Waals surface area (Å²) < 4.78 is 5.56. The van der Waals surface area contributed by atoms with Crippen molar-refractivity contribution in [2.75, 3.05) is 19.7 Å². The van der Waals surface area contributed by atoms with E-state index in [1.807, 2.05) is 31.2 Å². The smallest absolute Gasteiger partial charge is 0.254 e. The van der Waals surface area contributed by atoms with Crippen LogP contribution in [0.3, 0.4) is 0 Å². The first-order valence-corrected chi connectivity index (χ1v) is 10.5. The van der Waals surface area contributed by atoms with E-state index < -0.39 is 12.1 Å². The Hall–Kier alpha value is -2.28. The molecule has 0 saturated carbocycles. The molecule has 1 aliphatic heterocycles. The molecular formula is C22H24Cl2N2O4. The highest BCUT2D eigenvalue weighted by Crippen LogP contribution is 2.24. The first-order chi connectivity index (χ1) is 14.3. The second-order valence-corrected chi connectivity index (χ2v) is 8.21. The average molecular weight is 451 g/mol. The van der Waals surface area contributed by atoms with Crippen molar-refractivity contribution in [1.29, 1.82) is 0 Å². The number of hydrogen-bond acceptors (Lipinski definition) is 4. The van der Waals surface area contributed by atoms with Crippen LogP contribution in [0.2, 0.25) is 10.0 Å². The van der Waals surface area contributed by atoms with Crippen LogP contribution in [0, 0.1) is 6.92 Å². The number of ether oxygens (including phenoxy) is 1. The van der Waals surface area contributed by atoms with Gasteiger partial charge < -0.3 is 20.1 Å². The van der Waals surface area contributed by atoms with Gasteiger partial charge in [-0.3, -0.25) is 9.59 Å². The van der Waals surface area contributed by atoms with Gasteiger partial charge in [-0.25, -0.2) is 0 Å². The molecule has 0 bridgehead atoms. The van der Waals surface area contributed by atoms with Crippen LogP contribution in [0.15, 0.2) is 42.5 Å². The van der Waals surface area contributed by atoms with Gasteiger partial charge in [0.2, 0.25) is 5.91 Å². The molecule has 1 aliphatic rings. The molecule has 0 radical (unpaired) electrons. The Morgan fingerprint density at radius 3 is 2.67 bits per heavy atom. The maximum absolute atomic E-state index is 12.9. The van der Waals surface area contributed by atoms with Gasteiger partial charge in [-0.05, 0) is 55.7 Å². The number of aliphatic hydroxyl groups excluding tert-OH is 1. The molecule has 160 valence electrons. The van der Waals surface area contributed by atoms with Gasteiger partial charge in [-0.2, -0.15) is 0 Å². The van der Waals surface area contributed by atoms with Gasteiger partial charge in [0.05, 0.1) is 0 Å². The summed E-state index contributed by atoms with van der Waals surface area (Å²) in [6.45, 7) is 2.51. The van der Waals surface area contributed by atoms with Crippen LogP contribution in [-0.2, 0) is 4.79 Å². The van der Waals surface area contributed by atoms with Crippen LogP contribution in [0.4, 0.5) is 0 Å². The molecule has 2 unspecified atom stereocenters. The SMILES string of the molecule is Cc1cccc(OCC(O)CNC(=O)C2CCCN2C(=O)c2cc(Cl)cc(Cl)c2)c1. The third kappa shape index (κ3) is 5.88. The molecule has 1 heterocycles. The summed E-state index contributed by atoms with van der Waals surface area (Å²) in [7, 11) is 0. The van der Waals surface area contributed by atoms with Gasteiger partial charge in [0.25, 0.3) is 5.91 Å². The lowest BCUT2D eigenvalue weighted by Crippen LogP contribution is -2.48. The van der Waals surface area contributed by atoms with Gasteiger partial charge >= 0.3 is 0 Å². The quantitative estimate of drug-likeness (QED) is 0.676. The van der Waals surface area contributed by atoms with E-state index >= 15 is 0 Å². The predicted molar refractivity (Wildman–Crippen MR) is 116 cm³/mol. The molecule has 0 spiro atoms. The van der Waals surface area contributed by atoms with E-state index in [2.05, 4.69) is 5.32 Å². The zero-order chi connectivity index (χ0) is 21.7. The van der Waals surface area contributed by atoms with Crippen LogP contribution in [0.5, 0.6) is 5.75 Å². The Bertz CT molecular complexity index is 902. The molecule has 6 nitrogen and oxygen atoms in total. The highest BCUT2D eigenvalue weighted by atomic mass is 35.5. The van der Waals surface area contributed by atoms with Crippen LogP contribution in [0.1, 0.15) is 28.8 Å². The third-order valence-electron chi connectivity index (χ3n) is 4.87. The van der Waals surface area contributed by atoms with Crippen molar-refractivity contribution < 1.29 is 19.4 Å². The van der Waals surface area contributed by atoms with E-state index in [-0.39, 0.29) is 25.0 Å². The zero-order valence-electron chi connectivity index (χ0n) is 16.6. The second kappa shape index (κ2) is 10.2. The molecule has 8 heteroatoms. The minimum Gasteiger partial charge on any atom is -0.491 e. The van der Waals surface area contributed by atoms with E-state index in [9.17, 15) is 14.7 Å². The molecule has 30 heavy (non-hydrogen) atoms. The van der Waals surface area contributed by atoms with E-state index in [1.54, 1.807) is 6.07 Å². The number of nitrogens with zero attached hydrogens (tertiary/aromatic N) is 1. The lowest BCUT2D eigenvalue weighted by Gasteiger charge is -2.24. The average Bonchev–Trinajstić information content (AvgIpc) is 3.19. The van der Waals surface area contributed by atoms with Crippen molar-refractivity contribution in [3.8, 4) is 5.75 Å². The molecule has 1 saturated heterocycles. The highest BCUT2D eigenvalue weighted by molar-refractivity contribution is 6.35. The maximum Gasteiger partial charge on any atom is 0.254 e. The molecule has 3 rings (SSSR count). The van der Waals surface area contributed by atoms with Crippen molar-refractivity contribution in [1.82, 2.24) is 10.2 Å². The van der Waals surface area contributed by atoms with Crippen LogP contribution < -0.4 is 10.1 Å². The second-order valence-electron chi connectivity index (χ2n) is 7.34. The fraction of sp³-hybridized carbons (Fsp3) is 0.364. The topological polar surface area (TPSA) is 78.9 Å². The Kier molecular flexibility index (Phi) is 7.58. The minimum absolute atomic E-state index is 0.0339. The summed E-state index contributed by atoms with van der Waals surface area (Å²) in [5.74, 6) is 0.0667. The number of benzene rings is 2. The van der Waals surface area contributed by atoms with Gasteiger partial charge in [0.1, 0.15) is 24.5 Å². The lowest BCUT2D eigenvalue weighted by atomic mass is 10.1. The van der Waals surface area contributed by atoms with Crippen LogP contribution in [-0.4, -0.2) is 53.7 Å². The number of carbonyl (C=O) groups excluding carboxylic acids is 2. The van der Waals surface area contributed by atoms with Gasteiger partial charge in [-0.15, -0.1) is 0 Å². The number of halogens is 2. The fourth-order valence-corrected chi connectivity index (χ4v) is 3.94. The summed E-state index contributed by atoms with van der Waals surface area (Å²) in [5, 5.41) is 13.6. The van der Waals surface area contributed by atoms with Gasteiger partial charge in [0.15, 0.2) is 0 Å². The van der Waals surface area contributed by atoms with E-state index in [4.69, 9.17) is 27.9 Å². The fourth-order valence-electron chi connectivity index (χ4n) is 3.42. The van der Waals surface area contributed by atoms with Crippen molar-refractivity contribution in [3.05, 3.63) is 63.6 Å². The number of nitrogens with one attached hydrogen (secondary N) is 1. The number of carbonyl (C=O) groups is 2. The van der Waals surface area contributed by atoms with Crippen LogP contribution in [0.25, 0.3) is 0 Å². The number of aliphatic hydroxyl groups is 1. The van der Waals surface area contributed by atoms with Crippen molar-refractivity contribution in [2.24, 2.45) is 0 Å². The molecule has 2 aromatic carbocycles. The molecule has 2 amide bonds. The summed E-state index contributed by atoms with van der Waals surface area (Å²) >= 11 is 12.0. The summed E-state index contributed by atoms with van der Waals surface area (Å²) in [6.07, 6.45) is 0.408. The number of hydrogen-bond donors (Lipinski definition) is 2. The van der Waals surface area contributed by atoms with Crippen LogP contribution >= 0.6 is 23.2 Å². The molecular weight excluding hydrogens is 427 g/mol. The van der Waals surface area contributed by atoms with Crippen molar-refractivity contribution >= 4 is 35.0 Å². The van der Waals surface area contributed by atoms with Gasteiger partial charge in [0, 0.05) is 28.7 Å². The summed E-state index contributed by atoms with van der Waals surface area (Å²) in [6, 6.07) is 11.5.